The van der Waals surface area contributed by atoms with Crippen molar-refractivity contribution < 1.29 is 19.1 Å². The summed E-state index contributed by atoms with van der Waals surface area (Å²) in [5.41, 5.74) is 7.67. The minimum Gasteiger partial charge on any atom is -0.449 e. The second kappa shape index (κ2) is 6.39. The Balaban J connectivity index is 2.03. The highest BCUT2D eigenvalue weighted by atomic mass is 16.5. The monoisotopic (exact) mass is 290 g/mol. The molecule has 1 aromatic carbocycles. The third-order valence-corrected chi connectivity index (χ3v) is 3.48. The van der Waals surface area contributed by atoms with E-state index in [1.807, 2.05) is 17.4 Å². The van der Waals surface area contributed by atoms with E-state index in [1.165, 1.54) is 18.9 Å². The average Bonchev–Trinajstić information content (AvgIpc) is 2.45. The van der Waals surface area contributed by atoms with Crippen LogP contribution in [-0.4, -0.2) is 24.0 Å². The molecule has 6 heteroatoms. The van der Waals surface area contributed by atoms with E-state index in [2.05, 4.69) is 0 Å². The SMILES string of the molecule is CC(OC(=O)c1ccc2c(c1)CCCC2)C(=O)NC(N)=O. The van der Waals surface area contributed by atoms with Gasteiger partial charge in [0.15, 0.2) is 6.10 Å². The second-order valence-corrected chi connectivity index (χ2v) is 5.09. The molecule has 112 valence electrons. The number of imide groups is 1. The maximum atomic E-state index is 12.0. The number of rotatable bonds is 3. The van der Waals surface area contributed by atoms with E-state index in [1.54, 1.807) is 6.07 Å². The Morgan fingerprint density at radius 3 is 2.52 bits per heavy atom. The third-order valence-electron chi connectivity index (χ3n) is 3.48. The molecule has 3 N–H and O–H groups in total. The first-order valence-corrected chi connectivity index (χ1v) is 6.90. The van der Waals surface area contributed by atoms with Gasteiger partial charge in [0.05, 0.1) is 5.56 Å². The lowest BCUT2D eigenvalue weighted by atomic mass is 9.90. The van der Waals surface area contributed by atoms with Gasteiger partial charge in [0.1, 0.15) is 0 Å². The van der Waals surface area contributed by atoms with Gasteiger partial charge in [0.25, 0.3) is 5.91 Å². The first-order chi connectivity index (χ1) is 9.97. The minimum absolute atomic E-state index is 0.411. The fourth-order valence-corrected chi connectivity index (χ4v) is 2.37. The van der Waals surface area contributed by atoms with E-state index in [-0.39, 0.29) is 0 Å². The number of fused-ring (bicyclic) bond motifs is 1. The van der Waals surface area contributed by atoms with Crippen molar-refractivity contribution >= 4 is 17.9 Å². The molecule has 0 aliphatic heterocycles. The van der Waals surface area contributed by atoms with Gasteiger partial charge in [-0.2, -0.15) is 0 Å². The molecule has 0 heterocycles. The van der Waals surface area contributed by atoms with Gasteiger partial charge in [-0.05, 0) is 55.9 Å². The molecule has 0 bridgehead atoms. The Bertz CT molecular complexity index is 583. The van der Waals surface area contributed by atoms with Gasteiger partial charge in [-0.25, -0.2) is 9.59 Å². The highest BCUT2D eigenvalue weighted by Gasteiger charge is 2.21. The van der Waals surface area contributed by atoms with E-state index < -0.39 is 24.0 Å². The number of urea groups is 1. The summed E-state index contributed by atoms with van der Waals surface area (Å²) in [6.45, 7) is 1.38. The van der Waals surface area contributed by atoms with Crippen LogP contribution in [0.25, 0.3) is 0 Å². The number of primary amides is 1. The number of benzene rings is 1. The number of carbonyl (C=O) groups excluding carboxylic acids is 3. The molecule has 0 aromatic heterocycles. The molecule has 1 atom stereocenters. The van der Waals surface area contributed by atoms with Crippen LogP contribution in [0.4, 0.5) is 4.79 Å². The van der Waals surface area contributed by atoms with Crippen molar-refractivity contribution in [3.05, 3.63) is 34.9 Å². The lowest BCUT2D eigenvalue weighted by molar-refractivity contribution is -0.127. The summed E-state index contributed by atoms with van der Waals surface area (Å²) in [4.78, 5) is 34.1. The summed E-state index contributed by atoms with van der Waals surface area (Å²) < 4.78 is 5.03. The number of aryl methyl sites for hydroxylation is 2. The van der Waals surface area contributed by atoms with Gasteiger partial charge in [0, 0.05) is 0 Å². The van der Waals surface area contributed by atoms with Gasteiger partial charge >= 0.3 is 12.0 Å². The first kappa shape index (κ1) is 15.0. The van der Waals surface area contributed by atoms with Crippen LogP contribution in [0.3, 0.4) is 0 Å². The van der Waals surface area contributed by atoms with Crippen LogP contribution in [0.15, 0.2) is 18.2 Å². The Hall–Kier alpha value is -2.37. The largest absolute Gasteiger partial charge is 0.449 e. The smallest absolute Gasteiger partial charge is 0.338 e. The van der Waals surface area contributed by atoms with Crippen LogP contribution >= 0.6 is 0 Å². The molecule has 6 nitrogen and oxygen atoms in total. The molecule has 1 aliphatic rings. The van der Waals surface area contributed by atoms with Crippen LogP contribution in [0.2, 0.25) is 0 Å². The predicted molar refractivity (Wildman–Crippen MR) is 75.7 cm³/mol. The highest BCUT2D eigenvalue weighted by molar-refractivity contribution is 5.98. The highest BCUT2D eigenvalue weighted by Crippen LogP contribution is 2.22. The Morgan fingerprint density at radius 2 is 1.86 bits per heavy atom. The van der Waals surface area contributed by atoms with E-state index in [0.717, 1.165) is 24.8 Å². The van der Waals surface area contributed by atoms with Crippen LogP contribution in [0, 0.1) is 0 Å². The van der Waals surface area contributed by atoms with Gasteiger partial charge in [-0.15, -0.1) is 0 Å². The van der Waals surface area contributed by atoms with Crippen LogP contribution in [0.5, 0.6) is 0 Å². The fraction of sp³-hybridized carbons (Fsp3) is 0.400. The third kappa shape index (κ3) is 3.81. The van der Waals surface area contributed by atoms with E-state index >= 15 is 0 Å². The molecule has 21 heavy (non-hydrogen) atoms. The average molecular weight is 290 g/mol. The molecule has 0 fully saturated rings. The Labute approximate surface area is 122 Å². The number of nitrogens with two attached hydrogens (primary N) is 1. The number of hydrogen-bond donors (Lipinski definition) is 2. The number of carbonyl (C=O) groups is 3. The Kier molecular flexibility index (Phi) is 4.57. The zero-order valence-corrected chi connectivity index (χ0v) is 11.8. The number of nitrogens with one attached hydrogen (secondary N) is 1. The maximum Gasteiger partial charge on any atom is 0.338 e. The zero-order chi connectivity index (χ0) is 15.4. The molecule has 2 rings (SSSR count). The van der Waals surface area contributed by atoms with E-state index in [9.17, 15) is 14.4 Å². The maximum absolute atomic E-state index is 12.0. The molecular weight excluding hydrogens is 272 g/mol. The second-order valence-electron chi connectivity index (χ2n) is 5.09. The van der Waals surface area contributed by atoms with Gasteiger partial charge in [-0.3, -0.25) is 10.1 Å². The minimum atomic E-state index is -1.08. The molecule has 0 saturated heterocycles. The van der Waals surface area contributed by atoms with Crippen molar-refractivity contribution in [2.45, 2.75) is 38.7 Å². The normalized spacial score (nSPS) is 14.7. The summed E-state index contributed by atoms with van der Waals surface area (Å²) in [5.74, 6) is -1.33. The first-order valence-electron chi connectivity index (χ1n) is 6.90. The van der Waals surface area contributed by atoms with Gasteiger partial charge in [0.2, 0.25) is 0 Å². The predicted octanol–water partition coefficient (Wildman–Crippen LogP) is 1.31. The number of esters is 1. The lowest BCUT2D eigenvalue weighted by Crippen LogP contribution is -2.42. The molecule has 0 spiro atoms. The molecular formula is C15H18N2O4. The van der Waals surface area contributed by atoms with Crippen LogP contribution in [-0.2, 0) is 22.4 Å². The molecule has 1 aromatic rings. The zero-order valence-electron chi connectivity index (χ0n) is 11.8. The molecule has 0 radical (unpaired) electrons. The van der Waals surface area contributed by atoms with Gasteiger partial charge in [-0.1, -0.05) is 6.07 Å². The summed E-state index contributed by atoms with van der Waals surface area (Å²) >= 11 is 0. The van der Waals surface area contributed by atoms with Crippen molar-refractivity contribution in [1.29, 1.82) is 0 Å². The molecule has 1 unspecified atom stereocenters. The molecule has 1 aliphatic carbocycles. The quantitative estimate of drug-likeness (QED) is 0.820. The van der Waals surface area contributed by atoms with Crippen molar-refractivity contribution in [1.82, 2.24) is 5.32 Å². The fourth-order valence-electron chi connectivity index (χ4n) is 2.37. The topological polar surface area (TPSA) is 98.5 Å². The summed E-state index contributed by atoms with van der Waals surface area (Å²) in [5, 5.41) is 1.87. The summed E-state index contributed by atoms with van der Waals surface area (Å²) in [6, 6.07) is 4.47. The lowest BCUT2D eigenvalue weighted by Gasteiger charge is -2.17. The number of amides is 3. The van der Waals surface area contributed by atoms with Crippen molar-refractivity contribution in [3.63, 3.8) is 0 Å². The Morgan fingerprint density at radius 1 is 1.19 bits per heavy atom. The van der Waals surface area contributed by atoms with Gasteiger partial charge < -0.3 is 10.5 Å². The van der Waals surface area contributed by atoms with Crippen molar-refractivity contribution in [3.8, 4) is 0 Å². The summed E-state index contributed by atoms with van der Waals surface area (Å²) in [6.07, 6.45) is 3.18. The van der Waals surface area contributed by atoms with Crippen molar-refractivity contribution in [2.24, 2.45) is 5.73 Å². The summed E-state index contributed by atoms with van der Waals surface area (Å²) in [7, 11) is 0. The van der Waals surface area contributed by atoms with Crippen molar-refractivity contribution in [2.75, 3.05) is 0 Å². The standard InChI is InChI=1S/C15H18N2O4/c1-9(13(18)17-15(16)20)21-14(19)12-7-6-10-4-2-3-5-11(10)8-12/h6-9H,2-5H2,1H3,(H3,16,17,18,20). The van der Waals surface area contributed by atoms with E-state index in [4.69, 9.17) is 10.5 Å². The van der Waals surface area contributed by atoms with Crippen LogP contribution < -0.4 is 11.1 Å². The molecule has 0 saturated carbocycles. The van der Waals surface area contributed by atoms with Crippen LogP contribution in [0.1, 0.15) is 41.3 Å². The molecule has 3 amide bonds. The number of hydrogen-bond acceptors (Lipinski definition) is 4. The number of ether oxygens (including phenoxy) is 1. The van der Waals surface area contributed by atoms with E-state index in [0.29, 0.717) is 5.56 Å².